The van der Waals surface area contributed by atoms with Gasteiger partial charge in [0.15, 0.2) is 0 Å². The van der Waals surface area contributed by atoms with Crippen molar-refractivity contribution in [2.45, 2.75) is 6.92 Å². The number of benzene rings is 2. The molecule has 2 N–H and O–H groups in total. The van der Waals surface area contributed by atoms with Crippen LogP contribution in [0.5, 0.6) is 11.5 Å². The number of hydrogen-bond donors (Lipinski definition) is 2. The Hall–Kier alpha value is -2.69. The summed E-state index contributed by atoms with van der Waals surface area (Å²) in [7, 11) is 1.61. The second-order valence-electron chi connectivity index (χ2n) is 5.07. The van der Waals surface area contributed by atoms with Crippen LogP contribution in [0.4, 0.5) is 5.69 Å². The molecule has 0 radical (unpaired) electrons. The third kappa shape index (κ3) is 5.54. The number of hydrogen-bond acceptors (Lipinski definition) is 4. The normalized spacial score (nSPS) is 10.0. The fourth-order valence-corrected chi connectivity index (χ4v) is 2.07. The molecular formula is C18H22N2O3. The zero-order valence-electron chi connectivity index (χ0n) is 13.5. The summed E-state index contributed by atoms with van der Waals surface area (Å²) in [4.78, 5) is 11.8. The Morgan fingerprint density at radius 2 is 1.91 bits per heavy atom. The van der Waals surface area contributed by atoms with Crippen molar-refractivity contribution in [2.75, 3.05) is 32.1 Å². The van der Waals surface area contributed by atoms with Gasteiger partial charge in [-0.2, -0.15) is 0 Å². The van der Waals surface area contributed by atoms with E-state index < -0.39 is 0 Å². The zero-order valence-corrected chi connectivity index (χ0v) is 13.5. The standard InChI is InChI=1S/C18H22N2O3/c1-14-8-9-17(22-2)16(12-14)20-13-18(21)19-10-11-23-15-6-4-3-5-7-15/h3-9,12,20H,10-11,13H2,1-2H3,(H,19,21). The number of rotatable bonds is 8. The van der Waals surface area contributed by atoms with Crippen molar-refractivity contribution >= 4 is 11.6 Å². The first kappa shape index (κ1) is 16.7. The number of methoxy groups -OCH3 is 1. The van der Waals surface area contributed by atoms with Gasteiger partial charge < -0.3 is 20.1 Å². The summed E-state index contributed by atoms with van der Waals surface area (Å²) < 4.78 is 10.8. The lowest BCUT2D eigenvalue weighted by Crippen LogP contribution is -2.33. The average Bonchev–Trinajstić information content (AvgIpc) is 2.58. The number of anilines is 1. The second kappa shape index (κ2) is 8.68. The second-order valence-corrected chi connectivity index (χ2v) is 5.07. The lowest BCUT2D eigenvalue weighted by Gasteiger charge is -2.12. The molecule has 0 saturated heterocycles. The lowest BCUT2D eigenvalue weighted by atomic mass is 10.2. The van der Waals surface area contributed by atoms with Crippen molar-refractivity contribution in [3.8, 4) is 11.5 Å². The van der Waals surface area contributed by atoms with Crippen molar-refractivity contribution in [3.05, 3.63) is 54.1 Å². The van der Waals surface area contributed by atoms with Gasteiger partial charge in [-0.3, -0.25) is 4.79 Å². The van der Waals surface area contributed by atoms with E-state index in [2.05, 4.69) is 10.6 Å². The Bertz CT molecular complexity index is 629. The highest BCUT2D eigenvalue weighted by Gasteiger charge is 2.05. The van der Waals surface area contributed by atoms with E-state index in [1.807, 2.05) is 55.5 Å². The quantitative estimate of drug-likeness (QED) is 0.735. The summed E-state index contributed by atoms with van der Waals surface area (Å²) in [5.41, 5.74) is 1.91. The maximum Gasteiger partial charge on any atom is 0.239 e. The summed E-state index contributed by atoms with van der Waals surface area (Å²) in [5, 5.41) is 5.89. The van der Waals surface area contributed by atoms with Crippen molar-refractivity contribution in [3.63, 3.8) is 0 Å². The molecule has 23 heavy (non-hydrogen) atoms. The molecular weight excluding hydrogens is 292 g/mol. The van der Waals surface area contributed by atoms with Crippen molar-refractivity contribution in [1.82, 2.24) is 5.32 Å². The third-order valence-corrected chi connectivity index (χ3v) is 3.23. The summed E-state index contributed by atoms with van der Waals surface area (Å²) in [6, 6.07) is 15.3. The van der Waals surface area contributed by atoms with Gasteiger partial charge in [-0.25, -0.2) is 0 Å². The van der Waals surface area contributed by atoms with Crippen LogP contribution in [0.25, 0.3) is 0 Å². The highest BCUT2D eigenvalue weighted by molar-refractivity contribution is 5.81. The molecule has 0 aromatic heterocycles. The molecule has 2 rings (SSSR count). The van der Waals surface area contributed by atoms with E-state index >= 15 is 0 Å². The molecule has 0 aliphatic carbocycles. The number of para-hydroxylation sites is 1. The van der Waals surface area contributed by atoms with E-state index in [0.717, 1.165) is 22.7 Å². The number of ether oxygens (including phenoxy) is 2. The third-order valence-electron chi connectivity index (χ3n) is 3.23. The van der Waals surface area contributed by atoms with Gasteiger partial charge in [0.2, 0.25) is 5.91 Å². The molecule has 0 aliphatic rings. The van der Waals surface area contributed by atoms with Gasteiger partial charge in [-0.15, -0.1) is 0 Å². The van der Waals surface area contributed by atoms with Gasteiger partial charge >= 0.3 is 0 Å². The van der Waals surface area contributed by atoms with Gasteiger partial charge in [-0.05, 0) is 36.8 Å². The Morgan fingerprint density at radius 3 is 2.65 bits per heavy atom. The summed E-state index contributed by atoms with van der Waals surface area (Å²) in [6.45, 7) is 3.07. The van der Waals surface area contributed by atoms with Crippen LogP contribution in [0.1, 0.15) is 5.56 Å². The van der Waals surface area contributed by atoms with Gasteiger partial charge in [-0.1, -0.05) is 24.3 Å². The predicted octanol–water partition coefficient (Wildman–Crippen LogP) is 2.61. The molecule has 0 fully saturated rings. The molecule has 122 valence electrons. The number of nitrogens with one attached hydrogen (secondary N) is 2. The molecule has 0 aliphatic heterocycles. The van der Waals surface area contributed by atoms with Crippen LogP contribution in [-0.4, -0.2) is 32.7 Å². The summed E-state index contributed by atoms with van der Waals surface area (Å²) >= 11 is 0. The SMILES string of the molecule is COc1ccc(C)cc1NCC(=O)NCCOc1ccccc1. The van der Waals surface area contributed by atoms with Crippen molar-refractivity contribution in [1.29, 1.82) is 0 Å². The van der Waals surface area contributed by atoms with Crippen LogP contribution in [0.15, 0.2) is 48.5 Å². The van der Waals surface area contributed by atoms with Crippen LogP contribution in [0.3, 0.4) is 0 Å². The first-order valence-electron chi connectivity index (χ1n) is 7.52. The molecule has 0 spiro atoms. The molecule has 0 saturated carbocycles. The van der Waals surface area contributed by atoms with E-state index in [9.17, 15) is 4.79 Å². The van der Waals surface area contributed by atoms with Crippen LogP contribution < -0.4 is 20.1 Å². The van der Waals surface area contributed by atoms with E-state index in [-0.39, 0.29) is 12.5 Å². The molecule has 5 heteroatoms. The minimum atomic E-state index is -0.0924. The monoisotopic (exact) mass is 314 g/mol. The fourth-order valence-electron chi connectivity index (χ4n) is 2.07. The molecule has 5 nitrogen and oxygen atoms in total. The average molecular weight is 314 g/mol. The van der Waals surface area contributed by atoms with Gasteiger partial charge in [0, 0.05) is 0 Å². The Morgan fingerprint density at radius 1 is 1.13 bits per heavy atom. The van der Waals surface area contributed by atoms with E-state index in [0.29, 0.717) is 13.2 Å². The van der Waals surface area contributed by atoms with E-state index in [4.69, 9.17) is 9.47 Å². The highest BCUT2D eigenvalue weighted by atomic mass is 16.5. The largest absolute Gasteiger partial charge is 0.495 e. The molecule has 2 aromatic rings. The van der Waals surface area contributed by atoms with Gasteiger partial charge in [0.25, 0.3) is 0 Å². The van der Waals surface area contributed by atoms with Crippen LogP contribution in [0, 0.1) is 6.92 Å². The number of aryl methyl sites for hydroxylation is 1. The summed E-state index contributed by atoms with van der Waals surface area (Å²) in [5.74, 6) is 1.42. The number of amides is 1. The molecule has 1 amide bonds. The molecule has 2 aromatic carbocycles. The van der Waals surface area contributed by atoms with Crippen LogP contribution >= 0.6 is 0 Å². The van der Waals surface area contributed by atoms with Crippen molar-refractivity contribution < 1.29 is 14.3 Å². The van der Waals surface area contributed by atoms with E-state index in [1.54, 1.807) is 7.11 Å². The molecule has 0 bridgehead atoms. The Labute approximate surface area is 136 Å². The first-order valence-corrected chi connectivity index (χ1v) is 7.52. The number of carbonyl (C=O) groups excluding carboxylic acids is 1. The number of carbonyl (C=O) groups is 1. The molecule has 0 unspecified atom stereocenters. The van der Waals surface area contributed by atoms with Crippen LogP contribution in [0.2, 0.25) is 0 Å². The maximum absolute atomic E-state index is 11.8. The Kier molecular flexibility index (Phi) is 6.29. The minimum Gasteiger partial charge on any atom is -0.495 e. The zero-order chi connectivity index (χ0) is 16.5. The lowest BCUT2D eigenvalue weighted by molar-refractivity contribution is -0.119. The van der Waals surface area contributed by atoms with E-state index in [1.165, 1.54) is 0 Å². The summed E-state index contributed by atoms with van der Waals surface area (Å²) in [6.07, 6.45) is 0. The minimum absolute atomic E-state index is 0.0924. The van der Waals surface area contributed by atoms with Crippen molar-refractivity contribution in [2.24, 2.45) is 0 Å². The fraction of sp³-hybridized carbons (Fsp3) is 0.278. The Balaban J connectivity index is 1.70. The molecule has 0 heterocycles. The highest BCUT2D eigenvalue weighted by Crippen LogP contribution is 2.24. The topological polar surface area (TPSA) is 59.6 Å². The van der Waals surface area contributed by atoms with Crippen LogP contribution in [-0.2, 0) is 4.79 Å². The first-order chi connectivity index (χ1) is 11.2. The maximum atomic E-state index is 11.8. The smallest absolute Gasteiger partial charge is 0.239 e. The van der Waals surface area contributed by atoms with Gasteiger partial charge in [0.05, 0.1) is 25.9 Å². The van der Waals surface area contributed by atoms with Gasteiger partial charge in [0.1, 0.15) is 18.1 Å². The predicted molar refractivity (Wildman–Crippen MR) is 91.2 cm³/mol. The molecule has 0 atom stereocenters.